The SMILES string of the molecule is CN1C(=N)C=CC1=O. The van der Waals surface area contributed by atoms with Gasteiger partial charge in [0.2, 0.25) is 0 Å². The maximum atomic E-state index is 10.5. The van der Waals surface area contributed by atoms with Crippen molar-refractivity contribution in [1.82, 2.24) is 4.90 Å². The molecule has 0 aliphatic carbocycles. The second kappa shape index (κ2) is 1.43. The number of amidine groups is 1. The van der Waals surface area contributed by atoms with E-state index < -0.39 is 0 Å². The second-order valence-electron chi connectivity index (χ2n) is 1.62. The molecule has 42 valence electrons. The highest BCUT2D eigenvalue weighted by molar-refractivity contribution is 6.13. The molecule has 1 aliphatic heterocycles. The van der Waals surface area contributed by atoms with E-state index in [1.165, 1.54) is 17.1 Å². The van der Waals surface area contributed by atoms with Crippen LogP contribution in [0, 0.1) is 5.41 Å². The van der Waals surface area contributed by atoms with Crippen LogP contribution in [-0.4, -0.2) is 23.7 Å². The average Bonchev–Trinajstić information content (AvgIpc) is 1.98. The molecular formula is C5H6N2O. The van der Waals surface area contributed by atoms with Gasteiger partial charge in [-0.05, 0) is 6.08 Å². The lowest BCUT2D eigenvalue weighted by Crippen LogP contribution is -2.23. The van der Waals surface area contributed by atoms with Gasteiger partial charge in [-0.3, -0.25) is 15.1 Å². The molecule has 0 bridgehead atoms. The zero-order valence-electron chi connectivity index (χ0n) is 4.51. The van der Waals surface area contributed by atoms with E-state index in [4.69, 9.17) is 5.41 Å². The van der Waals surface area contributed by atoms with E-state index >= 15 is 0 Å². The molecule has 1 heterocycles. The van der Waals surface area contributed by atoms with Gasteiger partial charge >= 0.3 is 0 Å². The predicted molar refractivity (Wildman–Crippen MR) is 29.6 cm³/mol. The van der Waals surface area contributed by atoms with Crippen LogP contribution in [0.15, 0.2) is 12.2 Å². The Kier molecular flexibility index (Phi) is 0.901. The minimum atomic E-state index is -0.116. The first-order chi connectivity index (χ1) is 3.72. The third-order valence-electron chi connectivity index (χ3n) is 1.08. The summed E-state index contributed by atoms with van der Waals surface area (Å²) in [5.74, 6) is 0.144. The number of amides is 1. The van der Waals surface area contributed by atoms with Crippen LogP contribution in [0.5, 0.6) is 0 Å². The van der Waals surface area contributed by atoms with Crippen LogP contribution in [0.3, 0.4) is 0 Å². The maximum absolute atomic E-state index is 10.5. The van der Waals surface area contributed by atoms with Crippen molar-refractivity contribution in [3.05, 3.63) is 12.2 Å². The van der Waals surface area contributed by atoms with Gasteiger partial charge in [-0.2, -0.15) is 0 Å². The van der Waals surface area contributed by atoms with Crippen LogP contribution in [0.4, 0.5) is 0 Å². The lowest BCUT2D eigenvalue weighted by atomic mass is 10.6. The molecule has 3 heteroatoms. The minimum absolute atomic E-state index is 0.116. The number of hydrogen-bond donors (Lipinski definition) is 1. The van der Waals surface area contributed by atoms with Gasteiger partial charge in [-0.1, -0.05) is 0 Å². The van der Waals surface area contributed by atoms with Gasteiger partial charge in [0.25, 0.3) is 5.91 Å². The summed E-state index contributed by atoms with van der Waals surface area (Å²) in [5.41, 5.74) is 0. The molecule has 0 saturated heterocycles. The fraction of sp³-hybridized carbons (Fsp3) is 0.200. The van der Waals surface area contributed by atoms with Gasteiger partial charge in [-0.15, -0.1) is 0 Å². The number of rotatable bonds is 0. The van der Waals surface area contributed by atoms with Crippen molar-refractivity contribution >= 4 is 11.7 Å². The van der Waals surface area contributed by atoms with Crippen LogP contribution in [0.1, 0.15) is 0 Å². The fourth-order valence-corrected chi connectivity index (χ4v) is 0.493. The molecule has 0 saturated carbocycles. The number of hydrogen-bond acceptors (Lipinski definition) is 2. The molecule has 0 fully saturated rings. The molecule has 0 radical (unpaired) electrons. The van der Waals surface area contributed by atoms with E-state index in [0.29, 0.717) is 0 Å². The molecular weight excluding hydrogens is 104 g/mol. The van der Waals surface area contributed by atoms with Gasteiger partial charge in [0.15, 0.2) is 0 Å². The molecule has 0 atom stereocenters. The lowest BCUT2D eigenvalue weighted by molar-refractivity contribution is -0.121. The standard InChI is InChI=1S/C5H6N2O/c1-7-4(6)2-3-5(7)8/h2-3,6H,1H3. The molecule has 3 nitrogen and oxygen atoms in total. The van der Waals surface area contributed by atoms with Crippen LogP contribution < -0.4 is 0 Å². The molecule has 1 N–H and O–H groups in total. The first-order valence-electron chi connectivity index (χ1n) is 2.26. The summed E-state index contributed by atoms with van der Waals surface area (Å²) in [6.45, 7) is 0. The molecule has 0 unspecified atom stereocenters. The van der Waals surface area contributed by atoms with Crippen LogP contribution in [-0.2, 0) is 4.79 Å². The average molecular weight is 110 g/mol. The number of nitrogens with zero attached hydrogens (tertiary/aromatic N) is 1. The van der Waals surface area contributed by atoms with Crippen molar-refractivity contribution in [2.45, 2.75) is 0 Å². The Morgan fingerprint density at radius 1 is 1.62 bits per heavy atom. The Morgan fingerprint density at radius 2 is 2.25 bits per heavy atom. The first-order valence-corrected chi connectivity index (χ1v) is 2.26. The lowest BCUT2D eigenvalue weighted by Gasteiger charge is -2.04. The third kappa shape index (κ3) is 0.521. The second-order valence-corrected chi connectivity index (χ2v) is 1.62. The largest absolute Gasteiger partial charge is 0.297 e. The summed E-state index contributed by atoms with van der Waals surface area (Å²) < 4.78 is 0. The van der Waals surface area contributed by atoms with Gasteiger partial charge in [0.05, 0.1) is 0 Å². The zero-order valence-corrected chi connectivity index (χ0v) is 4.51. The molecule has 8 heavy (non-hydrogen) atoms. The number of likely N-dealkylation sites (N-methyl/N-ethyl adjacent to an activating group) is 1. The molecule has 0 aromatic rings. The molecule has 1 amide bonds. The summed E-state index contributed by atoms with van der Waals surface area (Å²) in [7, 11) is 1.57. The summed E-state index contributed by atoms with van der Waals surface area (Å²) in [6, 6.07) is 0. The van der Waals surface area contributed by atoms with Gasteiger partial charge in [0, 0.05) is 13.1 Å². The Bertz CT molecular complexity index is 153. The fourth-order valence-electron chi connectivity index (χ4n) is 0.493. The first kappa shape index (κ1) is 5.03. The molecule has 0 aromatic carbocycles. The summed E-state index contributed by atoms with van der Waals surface area (Å²) in [4.78, 5) is 11.8. The smallest absolute Gasteiger partial charge is 0.251 e. The van der Waals surface area contributed by atoms with E-state index in [1.54, 1.807) is 7.05 Å². The highest BCUT2D eigenvalue weighted by Crippen LogP contribution is 1.97. The molecule has 0 spiro atoms. The summed E-state index contributed by atoms with van der Waals surface area (Å²) >= 11 is 0. The van der Waals surface area contributed by atoms with Crippen LogP contribution in [0.2, 0.25) is 0 Å². The third-order valence-corrected chi connectivity index (χ3v) is 1.08. The van der Waals surface area contributed by atoms with Crippen molar-refractivity contribution in [3.63, 3.8) is 0 Å². The van der Waals surface area contributed by atoms with E-state index in [9.17, 15) is 4.79 Å². The topological polar surface area (TPSA) is 44.2 Å². The normalized spacial score (nSPS) is 18.4. The summed E-state index contributed by atoms with van der Waals surface area (Å²) in [5, 5.41) is 7.00. The zero-order chi connectivity index (χ0) is 6.15. The molecule has 0 aromatic heterocycles. The van der Waals surface area contributed by atoms with E-state index in [0.717, 1.165) is 0 Å². The predicted octanol–water partition coefficient (Wildman–Crippen LogP) is -0.00813. The Hall–Kier alpha value is -1.12. The van der Waals surface area contributed by atoms with E-state index in [1.807, 2.05) is 0 Å². The monoisotopic (exact) mass is 110 g/mol. The van der Waals surface area contributed by atoms with Crippen molar-refractivity contribution in [2.24, 2.45) is 0 Å². The molecule has 1 aliphatic rings. The number of nitrogens with one attached hydrogen (secondary N) is 1. The number of carbonyl (C=O) groups is 1. The van der Waals surface area contributed by atoms with Crippen LogP contribution in [0.25, 0.3) is 0 Å². The van der Waals surface area contributed by atoms with Crippen molar-refractivity contribution in [1.29, 1.82) is 5.41 Å². The molecule has 1 rings (SSSR count). The Balaban J connectivity index is 2.84. The quantitative estimate of drug-likeness (QED) is 0.468. The van der Waals surface area contributed by atoms with Gasteiger partial charge < -0.3 is 0 Å². The van der Waals surface area contributed by atoms with E-state index in [-0.39, 0.29) is 11.7 Å². The van der Waals surface area contributed by atoms with Gasteiger partial charge in [-0.25, -0.2) is 0 Å². The maximum Gasteiger partial charge on any atom is 0.251 e. The minimum Gasteiger partial charge on any atom is -0.297 e. The number of carbonyl (C=O) groups excluding carboxylic acids is 1. The van der Waals surface area contributed by atoms with E-state index in [2.05, 4.69) is 0 Å². The highest BCUT2D eigenvalue weighted by atomic mass is 16.2. The Labute approximate surface area is 47.1 Å². The van der Waals surface area contributed by atoms with Crippen molar-refractivity contribution in [2.75, 3.05) is 7.05 Å². The highest BCUT2D eigenvalue weighted by Gasteiger charge is 2.13. The van der Waals surface area contributed by atoms with Crippen LogP contribution >= 0.6 is 0 Å². The summed E-state index contributed by atoms with van der Waals surface area (Å²) in [6.07, 6.45) is 2.85. The van der Waals surface area contributed by atoms with Crippen molar-refractivity contribution in [3.8, 4) is 0 Å². The van der Waals surface area contributed by atoms with Gasteiger partial charge in [0.1, 0.15) is 5.84 Å². The Morgan fingerprint density at radius 3 is 2.38 bits per heavy atom. The van der Waals surface area contributed by atoms with Crippen molar-refractivity contribution < 1.29 is 4.79 Å².